The highest BCUT2D eigenvalue weighted by atomic mass is 15.2. The highest BCUT2D eigenvalue weighted by molar-refractivity contribution is 5.38. The van der Waals surface area contributed by atoms with Crippen molar-refractivity contribution in [3.8, 4) is 0 Å². The quantitative estimate of drug-likeness (QED) is 0.741. The van der Waals surface area contributed by atoms with E-state index in [2.05, 4.69) is 47.6 Å². The third kappa shape index (κ3) is 4.33. The van der Waals surface area contributed by atoms with Gasteiger partial charge >= 0.3 is 0 Å². The summed E-state index contributed by atoms with van der Waals surface area (Å²) in [6.45, 7) is 2.11. The maximum Gasteiger partial charge on any atom is 0.0607 e. The zero-order chi connectivity index (χ0) is 20.3. The summed E-state index contributed by atoms with van der Waals surface area (Å²) in [5.74, 6) is 0.908. The maximum atomic E-state index is 4.77. The molecular weight excluding hydrogens is 366 g/mol. The predicted molar refractivity (Wildman–Crippen MR) is 124 cm³/mol. The second-order valence-corrected chi connectivity index (χ2v) is 9.94. The van der Waals surface area contributed by atoms with E-state index in [9.17, 15) is 0 Å². The SMILES string of the molecule is CN(C[C@H]1Cc2c(cccc2CC2CCCCC2)CN1)[C@H]1CCCc2cccnc21. The highest BCUT2D eigenvalue weighted by Crippen LogP contribution is 2.33. The van der Waals surface area contributed by atoms with Gasteiger partial charge < -0.3 is 5.32 Å². The van der Waals surface area contributed by atoms with E-state index in [1.807, 2.05) is 6.20 Å². The molecule has 5 rings (SSSR count). The number of benzene rings is 1. The Morgan fingerprint density at radius 2 is 1.87 bits per heavy atom. The van der Waals surface area contributed by atoms with Crippen molar-refractivity contribution in [2.45, 2.75) is 82.8 Å². The molecule has 1 aromatic heterocycles. The fourth-order valence-electron chi connectivity index (χ4n) is 6.20. The van der Waals surface area contributed by atoms with Gasteiger partial charge in [-0.15, -0.1) is 0 Å². The lowest BCUT2D eigenvalue weighted by atomic mass is 9.81. The Morgan fingerprint density at radius 1 is 1.00 bits per heavy atom. The van der Waals surface area contributed by atoms with E-state index >= 15 is 0 Å². The number of hydrogen-bond acceptors (Lipinski definition) is 3. The van der Waals surface area contributed by atoms with E-state index in [1.54, 1.807) is 11.1 Å². The van der Waals surface area contributed by atoms with Crippen molar-refractivity contribution < 1.29 is 0 Å². The third-order valence-electron chi connectivity index (χ3n) is 7.84. The molecule has 2 heterocycles. The molecule has 0 bridgehead atoms. The van der Waals surface area contributed by atoms with Crippen molar-refractivity contribution in [3.63, 3.8) is 0 Å². The first-order chi connectivity index (χ1) is 14.8. The lowest BCUT2D eigenvalue weighted by molar-refractivity contribution is 0.190. The Balaban J connectivity index is 1.28. The number of rotatable bonds is 5. The van der Waals surface area contributed by atoms with Gasteiger partial charge in [-0.25, -0.2) is 0 Å². The van der Waals surface area contributed by atoms with Crippen LogP contribution in [0, 0.1) is 5.92 Å². The average Bonchev–Trinajstić information content (AvgIpc) is 2.80. The van der Waals surface area contributed by atoms with Crippen LogP contribution in [0.3, 0.4) is 0 Å². The summed E-state index contributed by atoms with van der Waals surface area (Å²) in [5, 5.41) is 3.84. The number of nitrogens with one attached hydrogen (secondary N) is 1. The van der Waals surface area contributed by atoms with Crippen LogP contribution < -0.4 is 5.32 Å². The minimum Gasteiger partial charge on any atom is -0.308 e. The summed E-state index contributed by atoms with van der Waals surface area (Å²) in [4.78, 5) is 7.33. The molecule has 3 aliphatic rings. The van der Waals surface area contributed by atoms with E-state index in [4.69, 9.17) is 4.98 Å². The normalized spacial score (nSPS) is 24.5. The van der Waals surface area contributed by atoms with Crippen molar-refractivity contribution in [2.24, 2.45) is 5.92 Å². The highest BCUT2D eigenvalue weighted by Gasteiger charge is 2.28. The molecule has 0 amide bonds. The molecule has 3 heteroatoms. The Kier molecular flexibility index (Phi) is 6.19. The van der Waals surface area contributed by atoms with Crippen LogP contribution in [0.15, 0.2) is 36.5 Å². The van der Waals surface area contributed by atoms with E-state index in [-0.39, 0.29) is 0 Å². The Labute approximate surface area is 182 Å². The fourth-order valence-corrected chi connectivity index (χ4v) is 6.20. The summed E-state index contributed by atoms with van der Waals surface area (Å²) in [7, 11) is 2.31. The number of fused-ring (bicyclic) bond motifs is 2. The van der Waals surface area contributed by atoms with Gasteiger partial charge in [-0.05, 0) is 73.4 Å². The molecule has 3 nitrogen and oxygen atoms in total. The summed E-state index contributed by atoms with van der Waals surface area (Å²) >= 11 is 0. The Morgan fingerprint density at radius 3 is 2.77 bits per heavy atom. The molecule has 2 aromatic rings. The lowest BCUT2D eigenvalue weighted by Gasteiger charge is -2.37. The van der Waals surface area contributed by atoms with Crippen LogP contribution >= 0.6 is 0 Å². The van der Waals surface area contributed by atoms with Gasteiger partial charge in [-0.3, -0.25) is 9.88 Å². The second kappa shape index (κ2) is 9.20. The third-order valence-corrected chi connectivity index (χ3v) is 7.84. The molecule has 160 valence electrons. The van der Waals surface area contributed by atoms with E-state index in [1.165, 1.54) is 81.0 Å². The van der Waals surface area contributed by atoms with Gasteiger partial charge in [0.1, 0.15) is 0 Å². The standard InChI is InChI=1S/C27H37N3/c1-30(26-14-6-10-21-13-7-15-28-27(21)26)19-24-17-25-22(11-5-12-23(25)18-29-24)16-20-8-3-2-4-9-20/h5,7,11-13,15,20,24,26,29H,2-4,6,8-10,14,16-19H2,1H3/t24-,26+/m1/s1. The first kappa shape index (κ1) is 20.2. The molecule has 1 aliphatic heterocycles. The van der Waals surface area contributed by atoms with Crippen LogP contribution in [0.2, 0.25) is 0 Å². The first-order valence-electron chi connectivity index (χ1n) is 12.2. The lowest BCUT2D eigenvalue weighted by Crippen LogP contribution is -2.45. The minimum absolute atomic E-state index is 0.468. The largest absolute Gasteiger partial charge is 0.308 e. The topological polar surface area (TPSA) is 28.2 Å². The number of pyridine rings is 1. The number of aromatic nitrogens is 1. The molecule has 1 N–H and O–H groups in total. The molecule has 30 heavy (non-hydrogen) atoms. The fraction of sp³-hybridized carbons (Fsp3) is 0.593. The maximum absolute atomic E-state index is 4.77. The second-order valence-electron chi connectivity index (χ2n) is 9.94. The number of hydrogen-bond donors (Lipinski definition) is 1. The molecule has 0 spiro atoms. The number of aryl methyl sites for hydroxylation is 1. The molecule has 1 aromatic carbocycles. The molecular formula is C27H37N3. The molecule has 2 atom stereocenters. The van der Waals surface area contributed by atoms with Gasteiger partial charge in [0, 0.05) is 25.3 Å². The molecule has 2 aliphatic carbocycles. The van der Waals surface area contributed by atoms with E-state index in [0.29, 0.717) is 12.1 Å². The van der Waals surface area contributed by atoms with Crippen molar-refractivity contribution >= 4 is 0 Å². The van der Waals surface area contributed by atoms with Crippen LogP contribution in [0.1, 0.15) is 78.9 Å². The smallest absolute Gasteiger partial charge is 0.0607 e. The summed E-state index contributed by atoms with van der Waals surface area (Å²) in [6, 6.07) is 12.4. The van der Waals surface area contributed by atoms with Crippen LogP contribution in [0.4, 0.5) is 0 Å². The van der Waals surface area contributed by atoms with Gasteiger partial charge in [0.25, 0.3) is 0 Å². The molecule has 1 saturated carbocycles. The van der Waals surface area contributed by atoms with Crippen molar-refractivity contribution in [3.05, 3.63) is 64.5 Å². The average molecular weight is 404 g/mol. The molecule has 1 fully saturated rings. The Hall–Kier alpha value is -1.71. The van der Waals surface area contributed by atoms with Crippen LogP contribution in [0.25, 0.3) is 0 Å². The summed E-state index contributed by atoms with van der Waals surface area (Å²) < 4.78 is 0. The van der Waals surface area contributed by atoms with Gasteiger partial charge in [-0.1, -0.05) is 56.4 Å². The van der Waals surface area contributed by atoms with Crippen molar-refractivity contribution in [1.29, 1.82) is 0 Å². The first-order valence-corrected chi connectivity index (χ1v) is 12.2. The zero-order valence-electron chi connectivity index (χ0n) is 18.6. The van der Waals surface area contributed by atoms with E-state index < -0.39 is 0 Å². The monoisotopic (exact) mass is 403 g/mol. The van der Waals surface area contributed by atoms with Gasteiger partial charge in [0.2, 0.25) is 0 Å². The Bertz CT molecular complexity index is 855. The van der Waals surface area contributed by atoms with Gasteiger partial charge in [0.05, 0.1) is 11.7 Å². The summed E-state index contributed by atoms with van der Waals surface area (Å²) in [6.07, 6.45) is 15.3. The zero-order valence-corrected chi connectivity index (χ0v) is 18.6. The van der Waals surface area contributed by atoms with Crippen LogP contribution in [-0.2, 0) is 25.8 Å². The van der Waals surface area contributed by atoms with Crippen LogP contribution in [0.5, 0.6) is 0 Å². The number of likely N-dealkylation sites (N-methyl/N-ethyl adjacent to an activating group) is 1. The van der Waals surface area contributed by atoms with Gasteiger partial charge in [-0.2, -0.15) is 0 Å². The minimum atomic E-state index is 0.468. The molecule has 0 saturated heterocycles. The van der Waals surface area contributed by atoms with Gasteiger partial charge in [0.15, 0.2) is 0 Å². The number of nitrogens with zero attached hydrogens (tertiary/aromatic N) is 2. The summed E-state index contributed by atoms with van der Waals surface area (Å²) in [5.41, 5.74) is 7.60. The van der Waals surface area contributed by atoms with Crippen molar-refractivity contribution in [1.82, 2.24) is 15.2 Å². The predicted octanol–water partition coefficient (Wildman–Crippen LogP) is 5.23. The van der Waals surface area contributed by atoms with E-state index in [0.717, 1.165) is 19.0 Å². The van der Waals surface area contributed by atoms with Crippen LogP contribution in [-0.4, -0.2) is 29.5 Å². The molecule has 0 radical (unpaired) electrons. The molecule has 0 unspecified atom stereocenters. The van der Waals surface area contributed by atoms with Crippen molar-refractivity contribution in [2.75, 3.05) is 13.6 Å².